The van der Waals surface area contributed by atoms with E-state index in [0.29, 0.717) is 37.3 Å². The van der Waals surface area contributed by atoms with E-state index in [-0.39, 0.29) is 69.4 Å². The molecular formula is C51H58F4N8O6. The summed E-state index contributed by atoms with van der Waals surface area (Å²) in [5.41, 5.74) is 5.32. The number of alkyl carbamates (subject to hydrolysis) is 1. The van der Waals surface area contributed by atoms with Gasteiger partial charge in [0, 0.05) is 43.3 Å². The molecule has 4 heterocycles. The molecule has 0 unspecified atom stereocenters. The average molecular weight is 955 g/mol. The number of likely N-dealkylation sites (tertiary alicyclic amines) is 2. The van der Waals surface area contributed by atoms with Gasteiger partial charge in [-0.1, -0.05) is 48.5 Å². The van der Waals surface area contributed by atoms with Crippen LogP contribution in [0.25, 0.3) is 44.4 Å². The van der Waals surface area contributed by atoms with Crippen LogP contribution < -0.4 is 10.6 Å². The van der Waals surface area contributed by atoms with Gasteiger partial charge in [0.05, 0.1) is 43.0 Å². The zero-order valence-corrected chi connectivity index (χ0v) is 38.8. The number of aromatic nitrogens is 4. The molecule has 2 aliphatic carbocycles. The van der Waals surface area contributed by atoms with Crippen LogP contribution in [-0.4, -0.2) is 102 Å². The lowest BCUT2D eigenvalue weighted by Crippen LogP contribution is -2.54. The molecule has 0 radical (unpaired) electrons. The number of carboxylic acid groups (broad SMARTS) is 1. The first-order valence-electron chi connectivity index (χ1n) is 24.0. The minimum absolute atomic E-state index is 0.0543. The molecule has 69 heavy (non-hydrogen) atoms. The average Bonchev–Trinajstić information content (AvgIpc) is 4.17. The summed E-state index contributed by atoms with van der Waals surface area (Å²) in [4.78, 5) is 72.1. The van der Waals surface area contributed by atoms with E-state index in [1.165, 1.54) is 7.11 Å². The summed E-state index contributed by atoms with van der Waals surface area (Å²) in [7, 11) is 1.21. The molecule has 0 spiro atoms. The fraction of sp³-hybridized carbons (Fsp3) is 0.490. The number of ether oxygens (including phenoxy) is 1. The van der Waals surface area contributed by atoms with Gasteiger partial charge in [-0.25, -0.2) is 37.1 Å². The fourth-order valence-corrected chi connectivity index (χ4v) is 11.2. The minimum Gasteiger partial charge on any atom is -0.465 e. The number of rotatable bonds is 11. The lowest BCUT2D eigenvalue weighted by Gasteiger charge is -2.37. The predicted molar refractivity (Wildman–Crippen MR) is 249 cm³/mol. The van der Waals surface area contributed by atoms with Gasteiger partial charge in [0.2, 0.25) is 23.7 Å². The number of nitrogens with zero attached hydrogens (tertiary/aromatic N) is 4. The number of hydrogen-bond acceptors (Lipinski definition) is 7. The summed E-state index contributed by atoms with van der Waals surface area (Å²) >= 11 is 0. The van der Waals surface area contributed by atoms with Crippen molar-refractivity contribution >= 4 is 34.8 Å². The number of nitrogens with one attached hydrogen (secondary N) is 4. The third-order valence-corrected chi connectivity index (χ3v) is 15.1. The maximum atomic E-state index is 14.2. The first-order valence-corrected chi connectivity index (χ1v) is 24.0. The molecule has 4 amide bonds. The van der Waals surface area contributed by atoms with E-state index >= 15 is 0 Å². The maximum Gasteiger partial charge on any atom is 0.407 e. The molecule has 14 nitrogen and oxygen atoms in total. The normalized spacial score (nSPS) is 23.7. The Morgan fingerprint density at radius 2 is 1.04 bits per heavy atom. The molecular weight excluding hydrogens is 897 g/mol. The van der Waals surface area contributed by atoms with Crippen molar-refractivity contribution in [2.24, 2.45) is 11.8 Å². The van der Waals surface area contributed by atoms with Crippen LogP contribution in [0.15, 0.2) is 73.1 Å². The quantitative estimate of drug-likeness (QED) is 0.0810. The molecule has 2 aromatic heterocycles. The van der Waals surface area contributed by atoms with Crippen molar-refractivity contribution in [1.82, 2.24) is 40.4 Å². The number of imidazole rings is 2. The second kappa shape index (κ2) is 19.1. The van der Waals surface area contributed by atoms with E-state index in [2.05, 4.69) is 49.9 Å². The molecule has 9 rings (SSSR count). The Hall–Kier alpha value is -6.46. The number of hydrogen-bond donors (Lipinski definition) is 5. The van der Waals surface area contributed by atoms with Crippen LogP contribution in [0, 0.1) is 11.8 Å². The second-order valence-corrected chi connectivity index (χ2v) is 19.5. The summed E-state index contributed by atoms with van der Waals surface area (Å²) in [6.45, 7) is 3.86. The standard InChI is InChI=1S/C51H58F4N8O6/c1-28-4-14-40(62(28)46(64)42(60-48(66)67)32-16-20-50(52,53)21-17-32)44-56-26-38(58-44)31-8-6-30(7-9-31)34-10-11-36-25-37(13-12-35(36)24-34)39-27-57-45(59-39)41-15-5-29(2)63(41)47(65)43(61-49(68)69-3)33-18-22-51(54,55)23-19-33/h6-13,24-29,32-33,40-43,60H,4-5,14-23H2,1-3H3,(H,56,58)(H,57,59)(H,61,68)(H,66,67)/t28-,29-,40-,41-,42-,43-/m0/s1. The van der Waals surface area contributed by atoms with Gasteiger partial charge in [0.1, 0.15) is 23.7 Å². The molecule has 5 aromatic rings. The Morgan fingerprint density at radius 1 is 0.623 bits per heavy atom. The summed E-state index contributed by atoms with van der Waals surface area (Å²) in [6, 6.07) is 17.1. The van der Waals surface area contributed by atoms with E-state index in [4.69, 9.17) is 9.72 Å². The van der Waals surface area contributed by atoms with Crippen LogP contribution in [0.2, 0.25) is 0 Å². The minimum atomic E-state index is -2.81. The number of alkyl halides is 4. The van der Waals surface area contributed by atoms with E-state index in [9.17, 15) is 41.8 Å². The molecule has 2 saturated heterocycles. The molecule has 4 aliphatic rings. The molecule has 4 fully saturated rings. The Labute approximate surface area is 397 Å². The van der Waals surface area contributed by atoms with E-state index in [1.54, 1.807) is 22.2 Å². The SMILES string of the molecule is COC(=O)N[C@H](C(=O)N1[C@@H](C)CC[C@H]1c1ncc(-c2ccc3cc(-c4ccc(-c5cnc([C@@H]6CC[C@H](C)N6C(=O)[C@@H](NC(=O)O)C6CCC(F)(F)CC6)[nH]5)cc4)ccc3c2)[nH]1)C1CCC(F)(F)CC1. The number of fused-ring (bicyclic) bond motifs is 1. The van der Waals surface area contributed by atoms with Gasteiger partial charge in [-0.15, -0.1) is 0 Å². The number of carbonyl (C=O) groups excluding carboxylic acids is 3. The van der Waals surface area contributed by atoms with Crippen LogP contribution >= 0.6 is 0 Å². The van der Waals surface area contributed by atoms with Crippen molar-refractivity contribution in [3.05, 3.63) is 84.7 Å². The first kappa shape index (κ1) is 47.6. The lowest BCUT2D eigenvalue weighted by molar-refractivity contribution is -0.140. The van der Waals surface area contributed by atoms with Gasteiger partial charge in [-0.3, -0.25) is 9.59 Å². The number of halogens is 4. The van der Waals surface area contributed by atoms with Crippen molar-refractivity contribution < 1.29 is 46.6 Å². The number of benzene rings is 3. The van der Waals surface area contributed by atoms with Crippen LogP contribution in [0.4, 0.5) is 27.2 Å². The van der Waals surface area contributed by atoms with Gasteiger partial charge >= 0.3 is 12.2 Å². The van der Waals surface area contributed by atoms with Gasteiger partial charge < -0.3 is 40.2 Å². The Morgan fingerprint density at radius 3 is 1.52 bits per heavy atom. The topological polar surface area (TPSA) is 186 Å². The highest BCUT2D eigenvalue weighted by Gasteiger charge is 2.47. The first-order chi connectivity index (χ1) is 33.0. The van der Waals surface area contributed by atoms with Gasteiger partial charge in [-0.2, -0.15) is 0 Å². The second-order valence-electron chi connectivity index (χ2n) is 19.5. The molecule has 2 saturated carbocycles. The highest BCUT2D eigenvalue weighted by atomic mass is 19.3. The number of methoxy groups -OCH3 is 1. The molecule has 2 aliphatic heterocycles. The van der Waals surface area contributed by atoms with Crippen molar-refractivity contribution in [3.63, 3.8) is 0 Å². The van der Waals surface area contributed by atoms with Crippen LogP contribution in [0.1, 0.15) is 115 Å². The lowest BCUT2D eigenvalue weighted by atomic mass is 9.81. The van der Waals surface area contributed by atoms with Crippen molar-refractivity contribution in [1.29, 1.82) is 0 Å². The van der Waals surface area contributed by atoms with Gasteiger partial charge in [-0.05, 0) is 117 Å². The zero-order chi connectivity index (χ0) is 48.8. The molecule has 18 heteroatoms. The van der Waals surface area contributed by atoms with Crippen molar-refractivity contribution in [3.8, 4) is 33.6 Å². The van der Waals surface area contributed by atoms with E-state index in [0.717, 1.165) is 44.4 Å². The number of aromatic amines is 2. The third-order valence-electron chi connectivity index (χ3n) is 15.1. The maximum absolute atomic E-state index is 14.2. The van der Waals surface area contributed by atoms with Crippen LogP contribution in [0.3, 0.4) is 0 Å². The van der Waals surface area contributed by atoms with Crippen molar-refractivity contribution in [2.45, 2.75) is 139 Å². The summed E-state index contributed by atoms with van der Waals surface area (Å²) in [5.74, 6) is -6.13. The van der Waals surface area contributed by atoms with E-state index in [1.807, 2.05) is 50.2 Å². The third kappa shape index (κ3) is 10.0. The summed E-state index contributed by atoms with van der Waals surface area (Å²) in [5, 5.41) is 16.7. The molecule has 3 aromatic carbocycles. The summed E-state index contributed by atoms with van der Waals surface area (Å²) < 4.78 is 61.0. The monoisotopic (exact) mass is 954 g/mol. The fourth-order valence-electron chi connectivity index (χ4n) is 11.2. The highest BCUT2D eigenvalue weighted by molar-refractivity contribution is 5.91. The zero-order valence-electron chi connectivity index (χ0n) is 38.8. The Kier molecular flexibility index (Phi) is 13.2. The van der Waals surface area contributed by atoms with Crippen LogP contribution in [-0.2, 0) is 14.3 Å². The predicted octanol–water partition coefficient (Wildman–Crippen LogP) is 10.4. The molecule has 6 atom stereocenters. The largest absolute Gasteiger partial charge is 0.465 e. The molecule has 0 bridgehead atoms. The Balaban J connectivity index is 0.871. The highest BCUT2D eigenvalue weighted by Crippen LogP contribution is 2.43. The summed E-state index contributed by atoms with van der Waals surface area (Å²) in [6.07, 6.45) is 2.86. The molecule has 5 N–H and O–H groups in total. The van der Waals surface area contributed by atoms with E-state index < -0.39 is 65.9 Å². The smallest absolute Gasteiger partial charge is 0.407 e. The number of amides is 4. The molecule has 366 valence electrons. The van der Waals surface area contributed by atoms with Gasteiger partial charge in [0.15, 0.2) is 0 Å². The van der Waals surface area contributed by atoms with Crippen molar-refractivity contribution in [2.75, 3.05) is 7.11 Å². The number of carbonyl (C=O) groups is 4. The Bertz CT molecular complexity index is 2690. The number of H-pyrrole nitrogens is 2. The van der Waals surface area contributed by atoms with Crippen LogP contribution in [0.5, 0.6) is 0 Å². The van der Waals surface area contributed by atoms with Gasteiger partial charge in [0.25, 0.3) is 0 Å².